The third kappa shape index (κ3) is 6.72. The highest BCUT2D eigenvalue weighted by Crippen LogP contribution is 2.22. The summed E-state index contributed by atoms with van der Waals surface area (Å²) in [5.74, 6) is 1.86. The second kappa shape index (κ2) is 9.63. The van der Waals surface area contributed by atoms with Gasteiger partial charge < -0.3 is 5.32 Å². The lowest BCUT2D eigenvalue weighted by Crippen LogP contribution is -2.23. The number of hydrogen-bond acceptors (Lipinski definition) is 2. The minimum Gasteiger partial charge on any atom is -0.352 e. The van der Waals surface area contributed by atoms with Gasteiger partial charge in [-0.3, -0.25) is 4.79 Å². The Labute approximate surface area is 162 Å². The normalized spacial score (nSPS) is 11.7. The summed E-state index contributed by atoms with van der Waals surface area (Å²) in [5.41, 5.74) is 5.17. The van der Waals surface area contributed by atoms with Crippen LogP contribution in [0.4, 0.5) is 0 Å². The molecule has 0 aromatic heterocycles. The van der Waals surface area contributed by atoms with Crippen LogP contribution >= 0.6 is 11.8 Å². The van der Waals surface area contributed by atoms with Gasteiger partial charge in [0.25, 0.3) is 0 Å². The van der Waals surface area contributed by atoms with Gasteiger partial charge in [0.2, 0.25) is 5.91 Å². The van der Waals surface area contributed by atoms with Crippen LogP contribution in [0.5, 0.6) is 0 Å². The molecule has 0 bridgehead atoms. The number of amides is 1. The first kappa shape index (κ1) is 20.3. The van der Waals surface area contributed by atoms with E-state index in [1.165, 1.54) is 16.7 Å². The fourth-order valence-electron chi connectivity index (χ4n) is 2.53. The molecular weight excluding hydrogens is 338 g/mol. The van der Waals surface area contributed by atoms with E-state index in [9.17, 15) is 4.79 Å². The van der Waals surface area contributed by atoms with Crippen LogP contribution in [-0.4, -0.2) is 18.2 Å². The summed E-state index contributed by atoms with van der Waals surface area (Å²) in [6, 6.07) is 16.8. The minimum atomic E-state index is -0.0404. The molecule has 2 nitrogen and oxygen atoms in total. The summed E-state index contributed by atoms with van der Waals surface area (Å²) in [4.78, 5) is 11.9. The highest BCUT2D eigenvalue weighted by Gasteiger charge is 2.12. The zero-order valence-electron chi connectivity index (χ0n) is 16.2. The standard InChI is InChI=1S/C23H29NOS/c1-18-7-5-6-8-20(18)17-26-16-15-24-22(25)14-11-19-9-12-21(13-10-19)23(2,3)4/h5-14H,15-17H2,1-4H3,(H,24,25)/b14-11+. The number of rotatable bonds is 7. The molecule has 0 spiro atoms. The number of aryl methyl sites for hydroxylation is 1. The summed E-state index contributed by atoms with van der Waals surface area (Å²) in [6.45, 7) is 9.41. The third-order valence-corrected chi connectivity index (χ3v) is 5.28. The van der Waals surface area contributed by atoms with Crippen molar-refractivity contribution in [2.24, 2.45) is 0 Å². The molecule has 0 aliphatic heterocycles. The zero-order chi connectivity index (χ0) is 19.0. The van der Waals surface area contributed by atoms with Crippen LogP contribution in [0.25, 0.3) is 6.08 Å². The molecular formula is C23H29NOS. The number of carbonyl (C=O) groups is 1. The zero-order valence-corrected chi connectivity index (χ0v) is 17.0. The molecule has 0 heterocycles. The number of benzene rings is 2. The molecule has 0 saturated carbocycles. The van der Waals surface area contributed by atoms with Gasteiger partial charge in [-0.2, -0.15) is 11.8 Å². The van der Waals surface area contributed by atoms with Gasteiger partial charge in [-0.15, -0.1) is 0 Å². The first-order valence-electron chi connectivity index (χ1n) is 9.05. The summed E-state index contributed by atoms with van der Waals surface area (Å²) in [7, 11) is 0. The number of nitrogens with one attached hydrogen (secondary N) is 1. The van der Waals surface area contributed by atoms with Gasteiger partial charge >= 0.3 is 0 Å². The van der Waals surface area contributed by atoms with E-state index in [0.717, 1.165) is 17.1 Å². The Balaban J connectivity index is 1.70. The average molecular weight is 368 g/mol. The van der Waals surface area contributed by atoms with E-state index in [4.69, 9.17) is 0 Å². The number of carbonyl (C=O) groups excluding carboxylic acids is 1. The number of thioether (sulfide) groups is 1. The van der Waals surface area contributed by atoms with Gasteiger partial charge in [0.1, 0.15) is 0 Å². The number of hydrogen-bond donors (Lipinski definition) is 1. The summed E-state index contributed by atoms with van der Waals surface area (Å²) < 4.78 is 0. The van der Waals surface area contributed by atoms with E-state index in [-0.39, 0.29) is 11.3 Å². The van der Waals surface area contributed by atoms with Gasteiger partial charge in [0.15, 0.2) is 0 Å². The Morgan fingerprint density at radius 2 is 1.77 bits per heavy atom. The first-order chi connectivity index (χ1) is 12.4. The fraction of sp³-hybridized carbons (Fsp3) is 0.348. The fourth-order valence-corrected chi connectivity index (χ4v) is 3.46. The topological polar surface area (TPSA) is 29.1 Å². The Hall–Kier alpha value is -2.00. The van der Waals surface area contributed by atoms with Crippen LogP contribution in [0.1, 0.15) is 43.0 Å². The molecule has 0 aliphatic rings. The lowest BCUT2D eigenvalue weighted by Gasteiger charge is -2.18. The molecule has 0 atom stereocenters. The Bertz CT molecular complexity index is 742. The van der Waals surface area contributed by atoms with Gasteiger partial charge in [-0.25, -0.2) is 0 Å². The van der Waals surface area contributed by atoms with E-state index < -0.39 is 0 Å². The molecule has 1 N–H and O–H groups in total. The largest absolute Gasteiger partial charge is 0.352 e. The van der Waals surface area contributed by atoms with Crippen LogP contribution < -0.4 is 5.32 Å². The Morgan fingerprint density at radius 1 is 1.08 bits per heavy atom. The minimum absolute atomic E-state index is 0.0404. The predicted molar refractivity (Wildman–Crippen MR) is 115 cm³/mol. The molecule has 3 heteroatoms. The highest BCUT2D eigenvalue weighted by molar-refractivity contribution is 7.98. The van der Waals surface area contributed by atoms with Crippen LogP contribution in [0.3, 0.4) is 0 Å². The van der Waals surface area contributed by atoms with Crippen molar-refractivity contribution in [2.45, 2.75) is 38.9 Å². The van der Waals surface area contributed by atoms with Crippen molar-refractivity contribution >= 4 is 23.7 Å². The molecule has 2 rings (SSSR count). The monoisotopic (exact) mass is 367 g/mol. The lowest BCUT2D eigenvalue weighted by atomic mass is 9.87. The maximum atomic E-state index is 11.9. The Kier molecular flexibility index (Phi) is 7.52. The second-order valence-electron chi connectivity index (χ2n) is 7.48. The lowest BCUT2D eigenvalue weighted by molar-refractivity contribution is -0.116. The first-order valence-corrected chi connectivity index (χ1v) is 10.2. The van der Waals surface area contributed by atoms with Gasteiger partial charge in [0.05, 0.1) is 0 Å². The molecule has 138 valence electrons. The van der Waals surface area contributed by atoms with Crippen molar-refractivity contribution in [2.75, 3.05) is 12.3 Å². The van der Waals surface area contributed by atoms with E-state index in [1.54, 1.807) is 6.08 Å². The third-order valence-electron chi connectivity index (χ3n) is 4.27. The van der Waals surface area contributed by atoms with Crippen LogP contribution in [0, 0.1) is 6.92 Å². The second-order valence-corrected chi connectivity index (χ2v) is 8.58. The van der Waals surface area contributed by atoms with Crippen molar-refractivity contribution in [3.8, 4) is 0 Å². The molecule has 0 radical (unpaired) electrons. The maximum Gasteiger partial charge on any atom is 0.244 e. The molecule has 0 aliphatic carbocycles. The van der Waals surface area contributed by atoms with Crippen molar-refractivity contribution in [3.63, 3.8) is 0 Å². The molecule has 2 aromatic carbocycles. The van der Waals surface area contributed by atoms with E-state index in [1.807, 2.05) is 17.8 Å². The van der Waals surface area contributed by atoms with Crippen LogP contribution in [0.2, 0.25) is 0 Å². The van der Waals surface area contributed by atoms with Gasteiger partial charge in [0, 0.05) is 24.1 Å². The van der Waals surface area contributed by atoms with Crippen LogP contribution in [-0.2, 0) is 16.0 Å². The summed E-state index contributed by atoms with van der Waals surface area (Å²) in [5, 5.41) is 2.94. The summed E-state index contributed by atoms with van der Waals surface area (Å²) >= 11 is 1.84. The quantitative estimate of drug-likeness (QED) is 0.527. The van der Waals surface area contributed by atoms with E-state index in [2.05, 4.69) is 81.5 Å². The molecule has 0 fully saturated rings. The van der Waals surface area contributed by atoms with Crippen molar-refractivity contribution in [1.82, 2.24) is 5.32 Å². The predicted octanol–water partition coefficient (Wildman–Crippen LogP) is 5.36. The molecule has 26 heavy (non-hydrogen) atoms. The van der Waals surface area contributed by atoms with Gasteiger partial charge in [-0.1, -0.05) is 69.3 Å². The van der Waals surface area contributed by atoms with Crippen molar-refractivity contribution in [1.29, 1.82) is 0 Å². The molecule has 0 saturated heterocycles. The van der Waals surface area contributed by atoms with E-state index >= 15 is 0 Å². The molecule has 0 unspecified atom stereocenters. The highest BCUT2D eigenvalue weighted by atomic mass is 32.2. The van der Waals surface area contributed by atoms with Crippen molar-refractivity contribution < 1.29 is 4.79 Å². The van der Waals surface area contributed by atoms with Crippen molar-refractivity contribution in [3.05, 3.63) is 76.9 Å². The van der Waals surface area contributed by atoms with Gasteiger partial charge in [-0.05, 0) is 40.7 Å². The smallest absolute Gasteiger partial charge is 0.244 e. The maximum absolute atomic E-state index is 11.9. The average Bonchev–Trinajstić information content (AvgIpc) is 2.61. The SMILES string of the molecule is Cc1ccccc1CSCCNC(=O)/C=C/c1ccc(C(C)(C)C)cc1. The molecule has 2 aromatic rings. The summed E-state index contributed by atoms with van der Waals surface area (Å²) in [6.07, 6.45) is 3.47. The Morgan fingerprint density at radius 3 is 2.42 bits per heavy atom. The molecule has 1 amide bonds. The van der Waals surface area contributed by atoms with E-state index in [0.29, 0.717) is 6.54 Å². The van der Waals surface area contributed by atoms with Crippen LogP contribution in [0.15, 0.2) is 54.6 Å².